The highest BCUT2D eigenvalue weighted by molar-refractivity contribution is 6.04. The summed E-state index contributed by atoms with van der Waals surface area (Å²) < 4.78 is 54.1. The summed E-state index contributed by atoms with van der Waals surface area (Å²) in [6, 6.07) is 41.8. The molecule has 0 heterocycles. The van der Waals surface area contributed by atoms with E-state index >= 15 is 0 Å². The summed E-state index contributed by atoms with van der Waals surface area (Å²) in [5.41, 5.74) is 3.33. The number of carbonyl (C=O) groups is 6. The molecule has 0 radical (unpaired) electrons. The van der Waals surface area contributed by atoms with Crippen LogP contribution < -0.4 is 18.9 Å². The maximum atomic E-state index is 12.9. The number of hydrogen-bond donors (Lipinski definition) is 3. The predicted molar refractivity (Wildman–Crippen MR) is 316 cm³/mol. The number of hydrogen-bond acceptors (Lipinski definition) is 19. The van der Waals surface area contributed by atoms with E-state index in [-0.39, 0.29) is 86.3 Å². The molecule has 6 aromatic carbocycles. The van der Waals surface area contributed by atoms with Crippen LogP contribution in [0.3, 0.4) is 0 Å². The number of rotatable bonds is 32. The van der Waals surface area contributed by atoms with Gasteiger partial charge >= 0.3 is 35.8 Å². The molecule has 19 heteroatoms. The Morgan fingerprint density at radius 2 is 0.570 bits per heavy atom. The van der Waals surface area contributed by atoms with Crippen LogP contribution >= 0.6 is 0 Å². The number of benzene rings is 6. The Balaban J connectivity index is 0.876. The van der Waals surface area contributed by atoms with E-state index in [0.717, 1.165) is 22.3 Å². The lowest BCUT2D eigenvalue weighted by Crippen LogP contribution is -2.26. The minimum Gasteiger partial charge on any atom is -0.491 e. The van der Waals surface area contributed by atoms with Gasteiger partial charge in [-0.15, -0.1) is 0 Å². The molecule has 6 aromatic rings. The zero-order valence-electron chi connectivity index (χ0n) is 48.9. The van der Waals surface area contributed by atoms with Gasteiger partial charge in [-0.3, -0.25) is 0 Å². The Bertz CT molecular complexity index is 3060. The summed E-state index contributed by atoms with van der Waals surface area (Å²) in [5, 5.41) is 31.9. The molecule has 0 saturated carbocycles. The SMILES string of the molecule is C=C(C)C(=O)OCCOC(=O)c1ccccc1C(=O)OCC(O)COc1ccc(C(C)(C)c2ccc(OCC(O)COc3ccc(C(C)(C)c4ccc(OCC(O)COC(=O)c5ccccc5C(=O)OCCOC(=O)C(=C)C)cc4)cc3)cc2)cc1. The van der Waals surface area contributed by atoms with E-state index in [4.69, 9.17) is 47.4 Å². The fraction of sp³-hybridized carbons (Fsp3) is 0.313. The van der Waals surface area contributed by atoms with Crippen LogP contribution in [-0.4, -0.2) is 136 Å². The van der Waals surface area contributed by atoms with Gasteiger partial charge in [0.25, 0.3) is 0 Å². The third kappa shape index (κ3) is 19.4. The molecule has 2 atom stereocenters. The Labute approximate surface area is 499 Å². The van der Waals surface area contributed by atoms with Crippen LogP contribution in [0.5, 0.6) is 23.0 Å². The standard InChI is InChI=1S/C67H72O19/c1-43(2)60(71)77-33-35-79-62(73)56-13-9-11-15-58(56)64(75)85-41-50(69)39-83-54-29-21-47(22-30-54)66(5,6)45-17-25-52(26-18-45)81-37-49(68)38-82-53-27-19-46(20-28-53)67(7,8)48-23-31-55(32-24-48)84-40-51(70)42-86-65(76)59-16-12-10-14-57(59)63(74)80-36-34-78-61(72)44(3)4/h9-32,49-51,68-70H,1,3,33-42H2,2,4-8H3. The number of aliphatic hydroxyl groups is 3. The maximum absolute atomic E-state index is 12.9. The molecule has 0 amide bonds. The van der Waals surface area contributed by atoms with Gasteiger partial charge in [-0.2, -0.15) is 0 Å². The van der Waals surface area contributed by atoms with Crippen LogP contribution in [0, 0.1) is 0 Å². The van der Waals surface area contributed by atoms with Gasteiger partial charge in [0.15, 0.2) is 0 Å². The van der Waals surface area contributed by atoms with Crippen molar-refractivity contribution in [2.24, 2.45) is 0 Å². The lowest BCUT2D eigenvalue weighted by atomic mass is 9.78. The van der Waals surface area contributed by atoms with Gasteiger partial charge in [0.05, 0.1) is 22.3 Å². The molecule has 2 unspecified atom stereocenters. The van der Waals surface area contributed by atoms with Crippen molar-refractivity contribution in [1.82, 2.24) is 0 Å². The highest BCUT2D eigenvalue weighted by Gasteiger charge is 2.27. The van der Waals surface area contributed by atoms with Crippen molar-refractivity contribution in [2.45, 2.75) is 70.7 Å². The largest absolute Gasteiger partial charge is 0.491 e. The smallest absolute Gasteiger partial charge is 0.339 e. The first kappa shape index (κ1) is 65.8. The molecular weight excluding hydrogens is 1110 g/mol. The molecule has 0 aliphatic carbocycles. The van der Waals surface area contributed by atoms with Gasteiger partial charge in [0, 0.05) is 22.0 Å². The molecule has 0 aromatic heterocycles. The number of ether oxygens (including phenoxy) is 10. The first-order chi connectivity index (χ1) is 41.0. The lowest BCUT2D eigenvalue weighted by molar-refractivity contribution is -0.140. The molecule has 0 saturated heterocycles. The summed E-state index contributed by atoms with van der Waals surface area (Å²) in [4.78, 5) is 74.2. The van der Waals surface area contributed by atoms with Gasteiger partial charge in [-0.1, -0.05) is 114 Å². The fourth-order valence-corrected chi connectivity index (χ4v) is 8.24. The van der Waals surface area contributed by atoms with Gasteiger partial charge in [-0.05, 0) is 109 Å². The van der Waals surface area contributed by atoms with E-state index in [1.165, 1.54) is 38.1 Å². The summed E-state index contributed by atoms with van der Waals surface area (Å²) in [5.74, 6) is -2.43. The van der Waals surface area contributed by atoms with Gasteiger partial charge in [-0.25, -0.2) is 28.8 Å². The van der Waals surface area contributed by atoms with E-state index in [0.29, 0.717) is 23.0 Å². The first-order valence-electron chi connectivity index (χ1n) is 27.5. The number of esters is 6. The highest BCUT2D eigenvalue weighted by Crippen LogP contribution is 2.35. The second-order valence-electron chi connectivity index (χ2n) is 20.9. The van der Waals surface area contributed by atoms with E-state index in [9.17, 15) is 44.1 Å². The maximum Gasteiger partial charge on any atom is 0.339 e. The van der Waals surface area contributed by atoms with Crippen molar-refractivity contribution in [3.8, 4) is 23.0 Å². The molecule has 3 N–H and O–H groups in total. The van der Waals surface area contributed by atoms with Gasteiger partial charge < -0.3 is 62.7 Å². The predicted octanol–water partition coefficient (Wildman–Crippen LogP) is 8.90. The highest BCUT2D eigenvalue weighted by atomic mass is 16.6. The number of carbonyl (C=O) groups excluding carboxylic acids is 6. The van der Waals surface area contributed by atoms with Gasteiger partial charge in [0.2, 0.25) is 0 Å². The molecule has 0 aliphatic heterocycles. The van der Waals surface area contributed by atoms with Crippen molar-refractivity contribution < 1.29 is 91.5 Å². The minimum atomic E-state index is -1.18. The molecule has 6 rings (SSSR count). The van der Waals surface area contributed by atoms with Crippen LogP contribution in [0.2, 0.25) is 0 Å². The molecule has 0 fully saturated rings. The summed E-state index contributed by atoms with van der Waals surface area (Å²) in [6.45, 7) is 16.3. The van der Waals surface area contributed by atoms with E-state index < -0.39 is 78.2 Å². The summed E-state index contributed by atoms with van der Waals surface area (Å²) in [6.07, 6.45) is -3.28. The quantitative estimate of drug-likeness (QED) is 0.0154. The topological polar surface area (TPSA) is 255 Å². The van der Waals surface area contributed by atoms with Crippen molar-refractivity contribution in [3.63, 3.8) is 0 Å². The average molecular weight is 1180 g/mol. The van der Waals surface area contributed by atoms with Crippen LogP contribution in [0.4, 0.5) is 0 Å². The summed E-state index contributed by atoms with van der Waals surface area (Å²) in [7, 11) is 0. The zero-order chi connectivity index (χ0) is 62.4. The average Bonchev–Trinajstić information content (AvgIpc) is 2.03. The summed E-state index contributed by atoms with van der Waals surface area (Å²) >= 11 is 0. The van der Waals surface area contributed by atoms with Crippen LogP contribution in [0.25, 0.3) is 0 Å². The Kier molecular flexibility index (Phi) is 24.2. The van der Waals surface area contributed by atoms with Crippen LogP contribution in [0.15, 0.2) is 170 Å². The second-order valence-corrected chi connectivity index (χ2v) is 20.9. The lowest BCUT2D eigenvalue weighted by Gasteiger charge is -2.27. The molecule has 454 valence electrons. The van der Waals surface area contributed by atoms with Crippen molar-refractivity contribution >= 4 is 35.8 Å². The van der Waals surface area contributed by atoms with E-state index in [1.54, 1.807) is 48.5 Å². The Morgan fingerprint density at radius 1 is 0.349 bits per heavy atom. The van der Waals surface area contributed by atoms with Crippen LogP contribution in [-0.2, 0) is 48.8 Å². The fourth-order valence-electron chi connectivity index (χ4n) is 8.24. The Morgan fingerprint density at radius 3 is 0.814 bits per heavy atom. The molecule has 0 bridgehead atoms. The zero-order valence-corrected chi connectivity index (χ0v) is 48.9. The normalized spacial score (nSPS) is 12.2. The number of aliphatic hydroxyl groups excluding tert-OH is 3. The Hall–Kier alpha value is -9.30. The van der Waals surface area contributed by atoms with Crippen LogP contribution in [0.1, 0.15) is 105 Å². The van der Waals surface area contributed by atoms with Crippen molar-refractivity contribution in [3.05, 3.63) is 214 Å². The second kappa shape index (κ2) is 31.6. The third-order valence-electron chi connectivity index (χ3n) is 13.4. The van der Waals surface area contributed by atoms with E-state index in [1.807, 2.05) is 72.8 Å². The van der Waals surface area contributed by atoms with Gasteiger partial charge in [0.1, 0.15) is 107 Å². The monoisotopic (exact) mass is 1180 g/mol. The molecule has 0 spiro atoms. The molecule has 86 heavy (non-hydrogen) atoms. The molecular formula is C67H72O19. The van der Waals surface area contributed by atoms with Crippen molar-refractivity contribution in [2.75, 3.05) is 66.1 Å². The molecule has 19 nitrogen and oxygen atoms in total. The minimum absolute atomic E-state index is 0.00251. The third-order valence-corrected chi connectivity index (χ3v) is 13.4. The van der Waals surface area contributed by atoms with E-state index in [2.05, 4.69) is 40.9 Å². The molecule has 0 aliphatic rings. The van der Waals surface area contributed by atoms with Crippen molar-refractivity contribution in [1.29, 1.82) is 0 Å². The first-order valence-corrected chi connectivity index (χ1v) is 27.5.